The fourth-order valence-electron chi connectivity index (χ4n) is 2.41. The van der Waals surface area contributed by atoms with Crippen molar-refractivity contribution in [1.29, 1.82) is 0 Å². The molecule has 0 N–H and O–H groups in total. The molecule has 3 heterocycles. The standard InChI is InChI=1S/C18H21N3S2/c1-14(2)17-13-23-18(20-17)11-21(10-16-5-7-22-12-16)9-15-4-3-6-19-8-15/h3-8,12-14H,9-11H2,1-2H3. The second-order valence-corrected chi connectivity index (χ2v) is 7.68. The summed E-state index contributed by atoms with van der Waals surface area (Å²) in [7, 11) is 0. The summed E-state index contributed by atoms with van der Waals surface area (Å²) in [6, 6.07) is 6.33. The normalized spacial score (nSPS) is 11.5. The van der Waals surface area contributed by atoms with E-state index in [-0.39, 0.29) is 0 Å². The van der Waals surface area contributed by atoms with Gasteiger partial charge in [0.1, 0.15) is 5.01 Å². The number of thiophene rings is 1. The maximum absolute atomic E-state index is 4.78. The van der Waals surface area contributed by atoms with Crippen molar-refractivity contribution in [3.63, 3.8) is 0 Å². The highest BCUT2D eigenvalue weighted by Crippen LogP contribution is 2.21. The molecule has 0 amide bonds. The molecule has 0 spiro atoms. The molecule has 0 atom stereocenters. The Balaban J connectivity index is 1.73. The summed E-state index contributed by atoms with van der Waals surface area (Å²) in [5.74, 6) is 0.489. The largest absolute Gasteiger partial charge is 0.288 e. The quantitative estimate of drug-likeness (QED) is 0.609. The van der Waals surface area contributed by atoms with Crippen LogP contribution in [0.2, 0.25) is 0 Å². The Labute approximate surface area is 145 Å². The van der Waals surface area contributed by atoms with E-state index in [1.54, 1.807) is 22.7 Å². The number of aromatic nitrogens is 2. The van der Waals surface area contributed by atoms with E-state index in [2.05, 4.69) is 52.0 Å². The lowest BCUT2D eigenvalue weighted by molar-refractivity contribution is 0.247. The number of thiazole rings is 1. The zero-order valence-corrected chi connectivity index (χ0v) is 15.1. The Morgan fingerprint density at radius 1 is 1.09 bits per heavy atom. The van der Waals surface area contributed by atoms with Crippen molar-refractivity contribution < 1.29 is 0 Å². The zero-order valence-electron chi connectivity index (χ0n) is 13.5. The minimum absolute atomic E-state index is 0.489. The van der Waals surface area contributed by atoms with Gasteiger partial charge in [0.15, 0.2) is 0 Å². The second-order valence-electron chi connectivity index (χ2n) is 5.96. The van der Waals surface area contributed by atoms with Gasteiger partial charge in [-0.1, -0.05) is 19.9 Å². The van der Waals surface area contributed by atoms with Crippen LogP contribution in [0.4, 0.5) is 0 Å². The Morgan fingerprint density at radius 2 is 1.96 bits per heavy atom. The monoisotopic (exact) mass is 343 g/mol. The first-order chi connectivity index (χ1) is 11.2. The summed E-state index contributed by atoms with van der Waals surface area (Å²) in [6.45, 7) is 7.09. The van der Waals surface area contributed by atoms with Crippen LogP contribution in [0.15, 0.2) is 46.7 Å². The molecule has 0 bridgehead atoms. The highest BCUT2D eigenvalue weighted by Gasteiger charge is 2.12. The average Bonchev–Trinajstić information content (AvgIpc) is 3.20. The molecule has 0 aliphatic heterocycles. The minimum atomic E-state index is 0.489. The van der Waals surface area contributed by atoms with Crippen LogP contribution >= 0.6 is 22.7 Å². The van der Waals surface area contributed by atoms with Gasteiger partial charge in [-0.05, 0) is 39.9 Å². The van der Waals surface area contributed by atoms with Crippen LogP contribution in [0.3, 0.4) is 0 Å². The van der Waals surface area contributed by atoms with Crippen LogP contribution in [0.25, 0.3) is 0 Å². The summed E-state index contributed by atoms with van der Waals surface area (Å²) in [5.41, 5.74) is 3.80. The van der Waals surface area contributed by atoms with Gasteiger partial charge < -0.3 is 0 Å². The molecule has 5 heteroatoms. The second kappa shape index (κ2) is 7.81. The predicted molar refractivity (Wildman–Crippen MR) is 97.7 cm³/mol. The number of pyridine rings is 1. The van der Waals surface area contributed by atoms with E-state index in [9.17, 15) is 0 Å². The van der Waals surface area contributed by atoms with Gasteiger partial charge >= 0.3 is 0 Å². The fraction of sp³-hybridized carbons (Fsp3) is 0.333. The van der Waals surface area contributed by atoms with E-state index >= 15 is 0 Å². The highest BCUT2D eigenvalue weighted by molar-refractivity contribution is 7.09. The van der Waals surface area contributed by atoms with Gasteiger partial charge in [-0.25, -0.2) is 4.98 Å². The Bertz CT molecular complexity index is 705. The third-order valence-electron chi connectivity index (χ3n) is 3.64. The lowest BCUT2D eigenvalue weighted by Crippen LogP contribution is -2.22. The SMILES string of the molecule is CC(C)c1csc(CN(Cc2cccnc2)Cc2ccsc2)n1. The lowest BCUT2D eigenvalue weighted by atomic mass is 10.2. The predicted octanol–water partition coefficient (Wildman–Crippen LogP) is 4.93. The summed E-state index contributed by atoms with van der Waals surface area (Å²) >= 11 is 3.51. The van der Waals surface area contributed by atoms with E-state index in [4.69, 9.17) is 4.98 Å². The molecule has 3 nitrogen and oxygen atoms in total. The summed E-state index contributed by atoms with van der Waals surface area (Å²) in [4.78, 5) is 11.4. The van der Waals surface area contributed by atoms with Gasteiger partial charge in [-0.3, -0.25) is 9.88 Å². The van der Waals surface area contributed by atoms with Crippen LogP contribution in [-0.4, -0.2) is 14.9 Å². The molecular weight excluding hydrogens is 322 g/mol. The molecule has 3 aromatic rings. The smallest absolute Gasteiger partial charge is 0.107 e. The number of hydrogen-bond donors (Lipinski definition) is 0. The molecule has 0 unspecified atom stereocenters. The van der Waals surface area contributed by atoms with Gasteiger partial charge in [-0.15, -0.1) is 11.3 Å². The van der Waals surface area contributed by atoms with Crippen molar-refractivity contribution in [2.24, 2.45) is 0 Å². The van der Waals surface area contributed by atoms with Crippen LogP contribution in [0.5, 0.6) is 0 Å². The molecule has 3 aromatic heterocycles. The average molecular weight is 344 g/mol. The number of nitrogens with zero attached hydrogens (tertiary/aromatic N) is 3. The van der Waals surface area contributed by atoms with Crippen LogP contribution in [0, 0.1) is 0 Å². The van der Waals surface area contributed by atoms with Crippen LogP contribution in [-0.2, 0) is 19.6 Å². The zero-order chi connectivity index (χ0) is 16.1. The summed E-state index contributed by atoms with van der Waals surface area (Å²) < 4.78 is 0. The van der Waals surface area contributed by atoms with Gasteiger partial charge in [-0.2, -0.15) is 11.3 Å². The van der Waals surface area contributed by atoms with Crippen molar-refractivity contribution in [2.45, 2.75) is 39.4 Å². The van der Waals surface area contributed by atoms with Gasteiger partial charge in [0, 0.05) is 30.9 Å². The first-order valence-corrected chi connectivity index (χ1v) is 9.59. The molecule has 0 aliphatic carbocycles. The number of hydrogen-bond acceptors (Lipinski definition) is 5. The van der Waals surface area contributed by atoms with Gasteiger partial charge in [0.2, 0.25) is 0 Å². The lowest BCUT2D eigenvalue weighted by Gasteiger charge is -2.20. The maximum atomic E-state index is 4.78. The van der Waals surface area contributed by atoms with E-state index in [0.717, 1.165) is 19.6 Å². The molecule has 120 valence electrons. The van der Waals surface area contributed by atoms with E-state index in [1.165, 1.54) is 21.8 Å². The molecule has 0 saturated carbocycles. The molecule has 0 aliphatic rings. The molecule has 0 fully saturated rings. The molecule has 0 radical (unpaired) electrons. The van der Waals surface area contributed by atoms with Crippen molar-refractivity contribution in [2.75, 3.05) is 0 Å². The Kier molecular flexibility index (Phi) is 5.54. The van der Waals surface area contributed by atoms with Crippen molar-refractivity contribution in [3.05, 3.63) is 68.6 Å². The molecule has 3 rings (SSSR count). The highest BCUT2D eigenvalue weighted by atomic mass is 32.1. The van der Waals surface area contributed by atoms with Crippen molar-refractivity contribution in [1.82, 2.24) is 14.9 Å². The molecule has 0 saturated heterocycles. The maximum Gasteiger partial charge on any atom is 0.107 e. The van der Waals surface area contributed by atoms with Gasteiger partial charge in [0.25, 0.3) is 0 Å². The first-order valence-electron chi connectivity index (χ1n) is 7.77. The third-order valence-corrected chi connectivity index (χ3v) is 5.22. The van der Waals surface area contributed by atoms with E-state index in [1.807, 2.05) is 18.5 Å². The molecule has 23 heavy (non-hydrogen) atoms. The third kappa shape index (κ3) is 4.70. The molecule has 0 aromatic carbocycles. The topological polar surface area (TPSA) is 29.0 Å². The minimum Gasteiger partial charge on any atom is -0.288 e. The van der Waals surface area contributed by atoms with Crippen molar-refractivity contribution >= 4 is 22.7 Å². The summed E-state index contributed by atoms with van der Waals surface area (Å²) in [5, 5.41) is 7.73. The Morgan fingerprint density at radius 3 is 2.61 bits per heavy atom. The van der Waals surface area contributed by atoms with Crippen molar-refractivity contribution in [3.8, 4) is 0 Å². The van der Waals surface area contributed by atoms with Crippen LogP contribution < -0.4 is 0 Å². The first kappa shape index (κ1) is 16.3. The van der Waals surface area contributed by atoms with E-state index < -0.39 is 0 Å². The number of rotatable bonds is 7. The Hall–Kier alpha value is -1.56. The van der Waals surface area contributed by atoms with Crippen LogP contribution in [0.1, 0.15) is 41.6 Å². The molecular formula is C18H21N3S2. The van der Waals surface area contributed by atoms with Gasteiger partial charge in [0.05, 0.1) is 12.2 Å². The summed E-state index contributed by atoms with van der Waals surface area (Å²) in [6.07, 6.45) is 3.77. The fourth-order valence-corrected chi connectivity index (χ4v) is 4.07. The van der Waals surface area contributed by atoms with E-state index in [0.29, 0.717) is 5.92 Å².